The molecule has 0 rings (SSSR count). The zero-order valence-electron chi connectivity index (χ0n) is 12.7. The van der Waals surface area contributed by atoms with Crippen molar-refractivity contribution >= 4 is 18.2 Å². The van der Waals surface area contributed by atoms with E-state index in [9.17, 15) is 9.59 Å². The van der Waals surface area contributed by atoms with Crippen molar-refractivity contribution in [3.63, 3.8) is 0 Å². The van der Waals surface area contributed by atoms with Crippen LogP contribution in [0, 0.1) is 11.3 Å². The molecule has 5 nitrogen and oxygen atoms in total. The summed E-state index contributed by atoms with van der Waals surface area (Å²) in [4.78, 5) is 27.5. The van der Waals surface area contributed by atoms with E-state index in [2.05, 4.69) is 9.73 Å². The predicted octanol–water partition coefficient (Wildman–Crippen LogP) is 2.23. The highest BCUT2D eigenvalue weighted by Crippen LogP contribution is 2.17. The molecule has 19 heavy (non-hydrogen) atoms. The monoisotopic (exact) mass is 271 g/mol. The van der Waals surface area contributed by atoms with E-state index in [1.54, 1.807) is 20.1 Å². The maximum Gasteiger partial charge on any atom is 0.331 e. The predicted molar refractivity (Wildman–Crippen MR) is 74.2 cm³/mol. The number of hydrogen-bond acceptors (Lipinski definition) is 5. The number of carbonyl (C=O) groups is 2. The fraction of sp³-hybridized carbons (Fsp3) is 0.786. The first kappa shape index (κ1) is 17.6. The summed E-state index contributed by atoms with van der Waals surface area (Å²) in [5, 5.41) is 0. The van der Waals surface area contributed by atoms with Crippen molar-refractivity contribution in [2.24, 2.45) is 16.3 Å². The molecule has 0 aromatic carbocycles. The van der Waals surface area contributed by atoms with Crippen LogP contribution in [0.1, 0.15) is 41.0 Å². The Balaban J connectivity index is 4.90. The van der Waals surface area contributed by atoms with Gasteiger partial charge in [0.1, 0.15) is 6.04 Å². The minimum absolute atomic E-state index is 0.129. The highest BCUT2D eigenvalue weighted by Gasteiger charge is 2.28. The van der Waals surface area contributed by atoms with Gasteiger partial charge in [-0.15, -0.1) is 0 Å². The Morgan fingerprint density at radius 3 is 2.32 bits per heavy atom. The number of esters is 2. The normalized spacial score (nSPS) is 15.1. The molecular formula is C14H25NO4. The SMILES string of the molecule is CCOC(=O)C(N=CC(C)(C)C)C(C)CC(=O)OC. The van der Waals surface area contributed by atoms with Gasteiger partial charge in [0.15, 0.2) is 0 Å². The first-order valence-corrected chi connectivity index (χ1v) is 6.49. The van der Waals surface area contributed by atoms with Crippen molar-refractivity contribution < 1.29 is 19.1 Å². The number of ether oxygens (including phenoxy) is 2. The van der Waals surface area contributed by atoms with Crippen molar-refractivity contribution in [2.75, 3.05) is 13.7 Å². The first-order chi connectivity index (χ1) is 8.71. The van der Waals surface area contributed by atoms with Gasteiger partial charge in [-0.05, 0) is 18.3 Å². The standard InChI is InChI=1S/C14H25NO4/c1-7-19-13(17)12(15-9-14(3,4)5)10(2)8-11(16)18-6/h9-10,12H,7-8H2,1-6H3. The smallest absolute Gasteiger partial charge is 0.331 e. The topological polar surface area (TPSA) is 65.0 Å². The van der Waals surface area contributed by atoms with Gasteiger partial charge in [0.2, 0.25) is 0 Å². The van der Waals surface area contributed by atoms with Crippen LogP contribution in [0.15, 0.2) is 4.99 Å². The molecule has 0 heterocycles. The van der Waals surface area contributed by atoms with Crippen LogP contribution in [0.4, 0.5) is 0 Å². The number of carbonyl (C=O) groups excluding carboxylic acids is 2. The summed E-state index contributed by atoms with van der Waals surface area (Å²) in [5.74, 6) is -1.02. The van der Waals surface area contributed by atoms with E-state index >= 15 is 0 Å². The summed E-state index contributed by atoms with van der Waals surface area (Å²) in [6.07, 6.45) is 1.86. The van der Waals surface area contributed by atoms with E-state index < -0.39 is 12.0 Å². The molecule has 0 amide bonds. The van der Waals surface area contributed by atoms with Gasteiger partial charge < -0.3 is 9.47 Å². The summed E-state index contributed by atoms with van der Waals surface area (Å²) in [6, 6.07) is -0.668. The van der Waals surface area contributed by atoms with E-state index in [-0.39, 0.29) is 23.7 Å². The highest BCUT2D eigenvalue weighted by atomic mass is 16.5. The number of nitrogens with zero attached hydrogens (tertiary/aromatic N) is 1. The van der Waals surface area contributed by atoms with Crippen LogP contribution < -0.4 is 0 Å². The minimum atomic E-state index is -0.668. The Hall–Kier alpha value is -1.39. The lowest BCUT2D eigenvalue weighted by molar-refractivity contribution is -0.147. The van der Waals surface area contributed by atoms with Crippen LogP contribution in [0.5, 0.6) is 0 Å². The van der Waals surface area contributed by atoms with Crippen molar-refractivity contribution in [3.05, 3.63) is 0 Å². The second kappa shape index (κ2) is 7.92. The maximum absolute atomic E-state index is 11.9. The molecule has 0 aliphatic rings. The summed E-state index contributed by atoms with van der Waals surface area (Å²) < 4.78 is 9.61. The lowest BCUT2D eigenvalue weighted by Gasteiger charge is -2.19. The molecule has 0 N–H and O–H groups in total. The quantitative estimate of drug-likeness (QED) is 0.549. The Labute approximate surface area is 115 Å². The van der Waals surface area contributed by atoms with Crippen LogP contribution in [0.3, 0.4) is 0 Å². The van der Waals surface area contributed by atoms with Crippen LogP contribution in [-0.2, 0) is 19.1 Å². The van der Waals surface area contributed by atoms with Crippen molar-refractivity contribution in [1.82, 2.24) is 0 Å². The molecular weight excluding hydrogens is 246 g/mol. The second-order valence-electron chi connectivity index (χ2n) is 5.60. The first-order valence-electron chi connectivity index (χ1n) is 6.49. The van der Waals surface area contributed by atoms with Crippen molar-refractivity contribution in [1.29, 1.82) is 0 Å². The average Bonchev–Trinajstić information content (AvgIpc) is 2.27. The van der Waals surface area contributed by atoms with Gasteiger partial charge in [-0.25, -0.2) is 4.79 Å². The average molecular weight is 271 g/mol. The third-order valence-corrected chi connectivity index (χ3v) is 2.41. The molecule has 0 spiro atoms. The Kier molecular flexibility index (Phi) is 7.34. The highest BCUT2D eigenvalue weighted by molar-refractivity contribution is 5.80. The lowest BCUT2D eigenvalue weighted by Crippen LogP contribution is -2.31. The molecule has 0 aliphatic heterocycles. The number of hydrogen-bond donors (Lipinski definition) is 0. The Morgan fingerprint density at radius 2 is 1.89 bits per heavy atom. The minimum Gasteiger partial charge on any atom is -0.469 e. The van der Waals surface area contributed by atoms with Crippen molar-refractivity contribution in [3.8, 4) is 0 Å². The molecule has 0 saturated heterocycles. The van der Waals surface area contributed by atoms with Gasteiger partial charge in [-0.1, -0.05) is 27.7 Å². The summed E-state index contributed by atoms with van der Waals surface area (Å²) in [6.45, 7) is 9.80. The van der Waals surface area contributed by atoms with Crippen LogP contribution in [0.2, 0.25) is 0 Å². The van der Waals surface area contributed by atoms with Crippen LogP contribution >= 0.6 is 0 Å². The maximum atomic E-state index is 11.9. The molecule has 0 fully saturated rings. The zero-order valence-corrected chi connectivity index (χ0v) is 12.7. The number of rotatable bonds is 6. The molecule has 2 atom stereocenters. The van der Waals surface area contributed by atoms with Crippen molar-refractivity contribution in [2.45, 2.75) is 47.1 Å². The Bertz CT molecular complexity index is 331. The van der Waals surface area contributed by atoms with E-state index in [0.717, 1.165) is 0 Å². The van der Waals surface area contributed by atoms with Gasteiger partial charge in [0, 0.05) is 6.21 Å². The largest absolute Gasteiger partial charge is 0.469 e. The van der Waals surface area contributed by atoms with Gasteiger partial charge in [0.05, 0.1) is 20.1 Å². The molecule has 5 heteroatoms. The number of aliphatic imine (C=N–C) groups is 1. The fourth-order valence-electron chi connectivity index (χ4n) is 1.43. The van der Waals surface area contributed by atoms with E-state index in [1.165, 1.54) is 7.11 Å². The van der Waals surface area contributed by atoms with Crippen LogP contribution in [0.25, 0.3) is 0 Å². The molecule has 110 valence electrons. The molecule has 0 aromatic rings. The van der Waals surface area contributed by atoms with Crippen LogP contribution in [-0.4, -0.2) is 37.9 Å². The van der Waals surface area contributed by atoms with E-state index in [0.29, 0.717) is 6.61 Å². The second-order valence-corrected chi connectivity index (χ2v) is 5.60. The van der Waals surface area contributed by atoms with Gasteiger partial charge in [-0.3, -0.25) is 9.79 Å². The molecule has 0 bridgehead atoms. The molecule has 0 aliphatic carbocycles. The summed E-state index contributed by atoms with van der Waals surface area (Å²) in [7, 11) is 1.33. The van der Waals surface area contributed by atoms with E-state index in [4.69, 9.17) is 4.74 Å². The van der Waals surface area contributed by atoms with E-state index in [1.807, 2.05) is 20.8 Å². The summed E-state index contributed by atoms with van der Waals surface area (Å²) in [5.41, 5.74) is -0.129. The number of methoxy groups -OCH3 is 1. The molecule has 0 saturated carbocycles. The van der Waals surface area contributed by atoms with Gasteiger partial charge in [-0.2, -0.15) is 0 Å². The third kappa shape index (κ3) is 7.59. The van der Waals surface area contributed by atoms with Gasteiger partial charge >= 0.3 is 11.9 Å². The summed E-state index contributed by atoms with van der Waals surface area (Å²) >= 11 is 0. The zero-order chi connectivity index (χ0) is 15.1. The lowest BCUT2D eigenvalue weighted by atomic mass is 9.96. The Morgan fingerprint density at radius 1 is 1.32 bits per heavy atom. The fourth-order valence-corrected chi connectivity index (χ4v) is 1.43. The third-order valence-electron chi connectivity index (χ3n) is 2.41. The molecule has 0 aromatic heterocycles. The van der Waals surface area contributed by atoms with Gasteiger partial charge in [0.25, 0.3) is 0 Å². The molecule has 0 radical (unpaired) electrons. The molecule has 2 unspecified atom stereocenters.